The lowest BCUT2D eigenvalue weighted by atomic mass is 10.1. The lowest BCUT2D eigenvalue weighted by molar-refractivity contribution is 0.385. The Labute approximate surface area is 122 Å². The van der Waals surface area contributed by atoms with E-state index >= 15 is 0 Å². The summed E-state index contributed by atoms with van der Waals surface area (Å²) in [5.74, 6) is 1.88. The van der Waals surface area contributed by atoms with E-state index in [-0.39, 0.29) is 0 Å². The van der Waals surface area contributed by atoms with Gasteiger partial charge in [0.25, 0.3) is 0 Å². The molecule has 0 amide bonds. The molecule has 3 aromatic rings. The number of anilines is 1. The number of methoxy groups -OCH3 is 1. The van der Waals surface area contributed by atoms with Crippen LogP contribution in [0, 0.1) is 0 Å². The van der Waals surface area contributed by atoms with Crippen molar-refractivity contribution in [3.8, 4) is 17.1 Å². The van der Waals surface area contributed by atoms with Crippen LogP contribution in [0.2, 0.25) is 0 Å². The fourth-order valence-corrected chi connectivity index (χ4v) is 2.02. The van der Waals surface area contributed by atoms with Gasteiger partial charge in [0.1, 0.15) is 5.75 Å². The Morgan fingerprint density at radius 2 is 1.95 bits per heavy atom. The zero-order valence-corrected chi connectivity index (χ0v) is 11.6. The van der Waals surface area contributed by atoms with Crippen LogP contribution in [0.25, 0.3) is 11.4 Å². The van der Waals surface area contributed by atoms with Crippen LogP contribution in [0.1, 0.15) is 11.5 Å². The van der Waals surface area contributed by atoms with E-state index in [0.29, 0.717) is 18.1 Å². The Bertz CT molecular complexity index is 735. The topological polar surface area (TPSA) is 74.2 Å². The van der Waals surface area contributed by atoms with E-state index < -0.39 is 0 Å². The van der Waals surface area contributed by atoms with E-state index in [1.165, 1.54) is 0 Å². The highest BCUT2D eigenvalue weighted by molar-refractivity contribution is 5.56. The Morgan fingerprint density at radius 1 is 1.14 bits per heavy atom. The number of hydrogen-bond donors (Lipinski definition) is 1. The third-order valence-electron chi connectivity index (χ3n) is 3.13. The van der Waals surface area contributed by atoms with Crippen molar-refractivity contribution in [1.82, 2.24) is 10.1 Å². The number of nitrogens with zero attached hydrogens (tertiary/aromatic N) is 2. The molecule has 5 heteroatoms. The summed E-state index contributed by atoms with van der Waals surface area (Å²) in [6.07, 6.45) is 0.581. The molecular weight excluding hydrogens is 266 g/mol. The molecule has 21 heavy (non-hydrogen) atoms. The third-order valence-corrected chi connectivity index (χ3v) is 3.13. The van der Waals surface area contributed by atoms with Gasteiger partial charge in [-0.05, 0) is 29.8 Å². The van der Waals surface area contributed by atoms with E-state index in [4.69, 9.17) is 15.0 Å². The second-order valence-electron chi connectivity index (χ2n) is 4.66. The van der Waals surface area contributed by atoms with Gasteiger partial charge in [-0.3, -0.25) is 0 Å². The smallest absolute Gasteiger partial charge is 0.231 e. The maximum absolute atomic E-state index is 5.66. The van der Waals surface area contributed by atoms with Gasteiger partial charge in [-0.15, -0.1) is 0 Å². The molecule has 3 rings (SSSR count). The average molecular weight is 281 g/mol. The number of ether oxygens (including phenoxy) is 1. The normalized spacial score (nSPS) is 10.5. The quantitative estimate of drug-likeness (QED) is 0.744. The van der Waals surface area contributed by atoms with Gasteiger partial charge in [0.2, 0.25) is 11.7 Å². The Morgan fingerprint density at radius 3 is 2.71 bits per heavy atom. The Balaban J connectivity index is 1.81. The van der Waals surface area contributed by atoms with Crippen LogP contribution in [-0.4, -0.2) is 17.3 Å². The molecule has 0 spiro atoms. The number of hydrogen-bond acceptors (Lipinski definition) is 5. The molecule has 0 atom stereocenters. The molecule has 0 aliphatic carbocycles. The fraction of sp³-hybridized carbons (Fsp3) is 0.125. The second-order valence-corrected chi connectivity index (χ2v) is 4.66. The van der Waals surface area contributed by atoms with Crippen molar-refractivity contribution in [3.63, 3.8) is 0 Å². The molecule has 5 nitrogen and oxygen atoms in total. The van der Waals surface area contributed by atoms with Gasteiger partial charge in [0, 0.05) is 11.3 Å². The summed E-state index contributed by atoms with van der Waals surface area (Å²) >= 11 is 0. The molecule has 0 radical (unpaired) electrons. The van der Waals surface area contributed by atoms with E-state index in [2.05, 4.69) is 10.1 Å². The van der Waals surface area contributed by atoms with Gasteiger partial charge < -0.3 is 15.0 Å². The first-order valence-corrected chi connectivity index (χ1v) is 6.56. The Kier molecular flexibility index (Phi) is 3.55. The van der Waals surface area contributed by atoms with Crippen molar-refractivity contribution in [2.75, 3.05) is 12.8 Å². The van der Waals surface area contributed by atoms with Crippen LogP contribution in [-0.2, 0) is 6.42 Å². The first-order valence-electron chi connectivity index (χ1n) is 6.56. The summed E-state index contributed by atoms with van der Waals surface area (Å²) in [6, 6.07) is 15.2. The van der Waals surface area contributed by atoms with Crippen molar-refractivity contribution in [1.29, 1.82) is 0 Å². The monoisotopic (exact) mass is 281 g/mol. The molecule has 0 bridgehead atoms. The molecule has 1 aromatic heterocycles. The van der Waals surface area contributed by atoms with Gasteiger partial charge in [0.05, 0.1) is 13.5 Å². The lowest BCUT2D eigenvalue weighted by Gasteiger charge is -2.00. The van der Waals surface area contributed by atoms with Crippen LogP contribution in [0.15, 0.2) is 53.1 Å². The van der Waals surface area contributed by atoms with Crippen molar-refractivity contribution >= 4 is 5.69 Å². The molecule has 0 aliphatic rings. The minimum Gasteiger partial charge on any atom is -0.497 e. The van der Waals surface area contributed by atoms with Crippen molar-refractivity contribution < 1.29 is 9.26 Å². The van der Waals surface area contributed by atoms with Crippen molar-refractivity contribution in [2.45, 2.75) is 6.42 Å². The highest BCUT2D eigenvalue weighted by atomic mass is 16.5. The third kappa shape index (κ3) is 3.02. The molecule has 1 heterocycles. The summed E-state index contributed by atoms with van der Waals surface area (Å²) in [6.45, 7) is 0. The SMILES string of the molecule is COc1cccc(-c2noc(Cc3ccc(N)cc3)n2)c1. The van der Waals surface area contributed by atoms with Gasteiger partial charge >= 0.3 is 0 Å². The highest BCUT2D eigenvalue weighted by Gasteiger charge is 2.10. The number of nitrogen functional groups attached to an aromatic ring is 1. The molecule has 0 fully saturated rings. The molecule has 2 aromatic carbocycles. The first-order chi connectivity index (χ1) is 10.2. The summed E-state index contributed by atoms with van der Waals surface area (Å²) in [5, 5.41) is 4.01. The van der Waals surface area contributed by atoms with E-state index in [0.717, 1.165) is 22.6 Å². The molecule has 0 saturated heterocycles. The lowest BCUT2D eigenvalue weighted by Crippen LogP contribution is -1.90. The number of nitrogens with two attached hydrogens (primary N) is 1. The van der Waals surface area contributed by atoms with Crippen LogP contribution in [0.5, 0.6) is 5.75 Å². The van der Waals surface area contributed by atoms with E-state index in [1.807, 2.05) is 48.5 Å². The molecule has 0 unspecified atom stereocenters. The summed E-state index contributed by atoms with van der Waals surface area (Å²) in [7, 11) is 1.63. The highest BCUT2D eigenvalue weighted by Crippen LogP contribution is 2.22. The number of rotatable bonds is 4. The fourth-order valence-electron chi connectivity index (χ4n) is 2.02. The summed E-state index contributed by atoms with van der Waals surface area (Å²) in [4.78, 5) is 4.41. The van der Waals surface area contributed by atoms with Gasteiger partial charge in [-0.1, -0.05) is 29.4 Å². The molecular formula is C16H15N3O2. The predicted octanol–water partition coefficient (Wildman–Crippen LogP) is 2.92. The Hall–Kier alpha value is -2.82. The average Bonchev–Trinajstić information content (AvgIpc) is 2.98. The van der Waals surface area contributed by atoms with Crippen LogP contribution in [0.4, 0.5) is 5.69 Å². The van der Waals surface area contributed by atoms with Crippen molar-refractivity contribution in [3.05, 3.63) is 60.0 Å². The molecule has 0 aliphatic heterocycles. The standard InChI is InChI=1S/C16H15N3O2/c1-20-14-4-2-3-12(10-14)16-18-15(21-19-16)9-11-5-7-13(17)8-6-11/h2-8,10H,9,17H2,1H3. The minimum absolute atomic E-state index is 0.555. The minimum atomic E-state index is 0.555. The van der Waals surface area contributed by atoms with Gasteiger partial charge in [-0.25, -0.2) is 0 Å². The van der Waals surface area contributed by atoms with Crippen LogP contribution in [0.3, 0.4) is 0 Å². The molecule has 106 valence electrons. The maximum Gasteiger partial charge on any atom is 0.231 e. The molecule has 0 saturated carbocycles. The van der Waals surface area contributed by atoms with Crippen molar-refractivity contribution in [2.24, 2.45) is 0 Å². The van der Waals surface area contributed by atoms with Crippen LogP contribution < -0.4 is 10.5 Å². The largest absolute Gasteiger partial charge is 0.497 e. The summed E-state index contributed by atoms with van der Waals surface area (Å²) < 4.78 is 10.5. The maximum atomic E-state index is 5.66. The van der Waals surface area contributed by atoms with E-state index in [1.54, 1.807) is 7.11 Å². The zero-order chi connectivity index (χ0) is 14.7. The van der Waals surface area contributed by atoms with Crippen LogP contribution >= 0.6 is 0 Å². The van der Waals surface area contributed by atoms with Gasteiger partial charge in [0.15, 0.2) is 0 Å². The first kappa shape index (κ1) is 13.2. The number of aromatic nitrogens is 2. The van der Waals surface area contributed by atoms with Gasteiger partial charge in [-0.2, -0.15) is 4.98 Å². The second kappa shape index (κ2) is 5.66. The molecule has 2 N–H and O–H groups in total. The zero-order valence-electron chi connectivity index (χ0n) is 11.6. The number of benzene rings is 2. The summed E-state index contributed by atoms with van der Waals surface area (Å²) in [5.41, 5.74) is 8.34. The predicted molar refractivity (Wildman–Crippen MR) is 79.9 cm³/mol. The van der Waals surface area contributed by atoms with E-state index in [9.17, 15) is 0 Å².